The maximum absolute atomic E-state index is 12.2. The molecular weight excluding hydrogens is 288 g/mol. The van der Waals surface area contributed by atoms with Gasteiger partial charge in [0.1, 0.15) is 6.04 Å². The molecule has 1 fully saturated rings. The fourth-order valence-corrected chi connectivity index (χ4v) is 3.21. The van der Waals surface area contributed by atoms with Gasteiger partial charge in [-0.1, -0.05) is 0 Å². The van der Waals surface area contributed by atoms with Crippen LogP contribution in [0, 0.1) is 0 Å². The summed E-state index contributed by atoms with van der Waals surface area (Å²) in [6.07, 6.45) is 2.36. The highest BCUT2D eigenvalue weighted by Crippen LogP contribution is 2.21. The zero-order valence-corrected chi connectivity index (χ0v) is 13.2. The molecule has 0 bridgehead atoms. The average Bonchev–Trinajstić information content (AvgIpc) is 2.30. The molecular formula is C11H22N2O4S2. The monoisotopic (exact) mass is 310 g/mol. The number of amides is 1. The molecule has 6 nitrogen and oxygen atoms in total. The van der Waals surface area contributed by atoms with Crippen LogP contribution in [0.5, 0.6) is 0 Å². The van der Waals surface area contributed by atoms with E-state index in [0.29, 0.717) is 12.2 Å². The Bertz CT molecular complexity index is 414. The van der Waals surface area contributed by atoms with Crippen molar-refractivity contribution in [2.45, 2.75) is 31.9 Å². The Morgan fingerprint density at radius 3 is 2.53 bits per heavy atom. The van der Waals surface area contributed by atoms with Gasteiger partial charge in [-0.05, 0) is 32.3 Å². The molecule has 1 amide bonds. The van der Waals surface area contributed by atoms with Gasteiger partial charge in [0.25, 0.3) is 0 Å². The van der Waals surface area contributed by atoms with Gasteiger partial charge in [0.2, 0.25) is 15.9 Å². The Morgan fingerprint density at radius 2 is 2.11 bits per heavy atom. The SMILES string of the molecule is CCS(=O)(=O)NC(CCSC)C(=O)N1CC(C)(O)C1. The first-order chi connectivity index (χ1) is 8.71. The summed E-state index contributed by atoms with van der Waals surface area (Å²) in [6.45, 7) is 3.71. The lowest BCUT2D eigenvalue weighted by molar-refractivity contribution is -0.154. The van der Waals surface area contributed by atoms with Gasteiger partial charge in [0.05, 0.1) is 24.4 Å². The van der Waals surface area contributed by atoms with Gasteiger partial charge in [0.15, 0.2) is 0 Å². The van der Waals surface area contributed by atoms with Crippen LogP contribution in [0.25, 0.3) is 0 Å². The second-order valence-corrected chi connectivity index (χ2v) is 8.07. The summed E-state index contributed by atoms with van der Waals surface area (Å²) in [5, 5.41) is 9.63. The Morgan fingerprint density at radius 1 is 1.53 bits per heavy atom. The van der Waals surface area contributed by atoms with Crippen LogP contribution in [0.2, 0.25) is 0 Å². The van der Waals surface area contributed by atoms with Crippen molar-refractivity contribution in [2.75, 3.05) is 30.9 Å². The van der Waals surface area contributed by atoms with Gasteiger partial charge < -0.3 is 10.0 Å². The highest BCUT2D eigenvalue weighted by molar-refractivity contribution is 7.98. The first-order valence-electron chi connectivity index (χ1n) is 6.21. The first-order valence-corrected chi connectivity index (χ1v) is 9.25. The van der Waals surface area contributed by atoms with Crippen molar-refractivity contribution in [2.24, 2.45) is 0 Å². The quantitative estimate of drug-likeness (QED) is 0.671. The molecule has 0 aromatic heterocycles. The summed E-state index contributed by atoms with van der Waals surface area (Å²) in [5.41, 5.74) is -0.844. The number of hydrogen-bond acceptors (Lipinski definition) is 5. The van der Waals surface area contributed by atoms with Crippen molar-refractivity contribution in [1.29, 1.82) is 0 Å². The minimum atomic E-state index is -3.41. The van der Waals surface area contributed by atoms with E-state index in [1.54, 1.807) is 18.7 Å². The predicted molar refractivity (Wildman–Crippen MR) is 76.6 cm³/mol. The number of thioether (sulfide) groups is 1. The van der Waals surface area contributed by atoms with Crippen molar-refractivity contribution in [3.63, 3.8) is 0 Å². The molecule has 2 N–H and O–H groups in total. The molecule has 0 radical (unpaired) electrons. The van der Waals surface area contributed by atoms with Crippen LogP contribution in [-0.2, 0) is 14.8 Å². The largest absolute Gasteiger partial charge is 0.386 e. The van der Waals surface area contributed by atoms with E-state index in [-0.39, 0.29) is 24.7 Å². The summed E-state index contributed by atoms with van der Waals surface area (Å²) < 4.78 is 25.6. The number of nitrogens with one attached hydrogen (secondary N) is 1. The second kappa shape index (κ2) is 6.43. The van der Waals surface area contributed by atoms with Gasteiger partial charge in [-0.25, -0.2) is 13.1 Å². The molecule has 1 heterocycles. The van der Waals surface area contributed by atoms with Crippen LogP contribution in [-0.4, -0.2) is 66.8 Å². The number of carbonyl (C=O) groups is 1. The van der Waals surface area contributed by atoms with Gasteiger partial charge in [0, 0.05) is 0 Å². The van der Waals surface area contributed by atoms with Crippen LogP contribution in [0.3, 0.4) is 0 Å². The molecule has 0 saturated carbocycles. The van der Waals surface area contributed by atoms with Gasteiger partial charge >= 0.3 is 0 Å². The number of nitrogens with zero attached hydrogens (tertiary/aromatic N) is 1. The number of β-amino-alcohol motifs (C(OH)–C–C–N with tert-alkyl or cyclic N) is 1. The Hall–Kier alpha value is -0.310. The van der Waals surface area contributed by atoms with Crippen molar-refractivity contribution in [1.82, 2.24) is 9.62 Å². The van der Waals surface area contributed by atoms with Crippen molar-refractivity contribution in [3.05, 3.63) is 0 Å². The van der Waals surface area contributed by atoms with Crippen molar-refractivity contribution >= 4 is 27.7 Å². The Balaban J connectivity index is 2.66. The van der Waals surface area contributed by atoms with E-state index in [1.165, 1.54) is 11.8 Å². The standard InChI is InChI=1S/C11H22N2O4S2/c1-4-19(16,17)12-9(5-6-18-3)10(14)13-7-11(2,15)8-13/h9,12,15H,4-8H2,1-3H3. The predicted octanol–water partition coefficient (Wildman–Crippen LogP) is -0.359. The molecule has 1 rings (SSSR count). The first kappa shape index (κ1) is 16.7. The number of aliphatic hydroxyl groups is 1. The lowest BCUT2D eigenvalue weighted by Crippen LogP contribution is -2.65. The molecule has 0 aromatic rings. The molecule has 0 aliphatic carbocycles. The summed E-state index contributed by atoms with van der Waals surface area (Å²) in [4.78, 5) is 13.7. The van der Waals surface area contributed by atoms with Crippen molar-refractivity contribution in [3.8, 4) is 0 Å². The van der Waals surface area contributed by atoms with Gasteiger partial charge in [-0.3, -0.25) is 4.79 Å². The maximum Gasteiger partial charge on any atom is 0.240 e. The van der Waals surface area contributed by atoms with Crippen molar-refractivity contribution < 1.29 is 18.3 Å². The lowest BCUT2D eigenvalue weighted by Gasteiger charge is -2.45. The number of likely N-dealkylation sites (tertiary alicyclic amines) is 1. The molecule has 112 valence electrons. The van der Waals surface area contributed by atoms with E-state index in [4.69, 9.17) is 0 Å². The van der Waals surface area contributed by atoms with Crippen LogP contribution >= 0.6 is 11.8 Å². The highest BCUT2D eigenvalue weighted by atomic mass is 32.2. The molecule has 19 heavy (non-hydrogen) atoms. The highest BCUT2D eigenvalue weighted by Gasteiger charge is 2.41. The van der Waals surface area contributed by atoms with E-state index >= 15 is 0 Å². The summed E-state index contributed by atoms with van der Waals surface area (Å²) in [7, 11) is -3.41. The molecule has 0 spiro atoms. The van der Waals surface area contributed by atoms with Crippen LogP contribution in [0.4, 0.5) is 0 Å². The van der Waals surface area contributed by atoms with Crippen LogP contribution in [0.15, 0.2) is 0 Å². The molecule has 1 aliphatic heterocycles. The lowest BCUT2D eigenvalue weighted by atomic mass is 9.96. The number of rotatable bonds is 7. The minimum Gasteiger partial charge on any atom is -0.386 e. The van der Waals surface area contributed by atoms with E-state index in [2.05, 4.69) is 4.72 Å². The van der Waals surface area contributed by atoms with E-state index in [9.17, 15) is 18.3 Å². The zero-order valence-electron chi connectivity index (χ0n) is 11.5. The number of sulfonamides is 1. The van der Waals surface area contributed by atoms with E-state index in [0.717, 1.165) is 0 Å². The van der Waals surface area contributed by atoms with Gasteiger partial charge in [-0.15, -0.1) is 0 Å². The Labute approximate surface area is 119 Å². The fourth-order valence-electron chi connectivity index (χ4n) is 1.92. The number of carbonyl (C=O) groups excluding carboxylic acids is 1. The second-order valence-electron chi connectivity index (χ2n) is 5.05. The third kappa shape index (κ3) is 4.94. The summed E-state index contributed by atoms with van der Waals surface area (Å²) in [6, 6.07) is -0.728. The molecule has 1 aliphatic rings. The topological polar surface area (TPSA) is 86.7 Å². The van der Waals surface area contributed by atoms with Crippen LogP contribution in [0.1, 0.15) is 20.3 Å². The maximum atomic E-state index is 12.2. The van der Waals surface area contributed by atoms with E-state index in [1.807, 2.05) is 6.26 Å². The molecule has 1 saturated heterocycles. The summed E-state index contributed by atoms with van der Waals surface area (Å²) >= 11 is 1.56. The van der Waals surface area contributed by atoms with Gasteiger partial charge in [-0.2, -0.15) is 11.8 Å². The molecule has 0 aromatic carbocycles. The smallest absolute Gasteiger partial charge is 0.240 e. The third-order valence-electron chi connectivity index (χ3n) is 2.99. The molecule has 8 heteroatoms. The minimum absolute atomic E-state index is 0.0479. The van der Waals surface area contributed by atoms with Crippen LogP contribution < -0.4 is 4.72 Å². The fraction of sp³-hybridized carbons (Fsp3) is 0.909. The zero-order chi connectivity index (χ0) is 14.7. The summed E-state index contributed by atoms with van der Waals surface area (Å²) in [5.74, 6) is 0.401. The number of hydrogen-bond donors (Lipinski definition) is 2. The normalized spacial score (nSPS) is 19.9. The molecule has 1 atom stereocenters. The Kier molecular flexibility index (Phi) is 5.66. The average molecular weight is 310 g/mol. The third-order valence-corrected chi connectivity index (χ3v) is 5.03. The van der Waals surface area contributed by atoms with E-state index < -0.39 is 21.7 Å². The molecule has 1 unspecified atom stereocenters.